The van der Waals surface area contributed by atoms with Crippen molar-refractivity contribution < 1.29 is 14.7 Å². The molecule has 0 saturated carbocycles. The first-order valence-electron chi connectivity index (χ1n) is 3.54. The zero-order valence-electron chi connectivity index (χ0n) is 6.97. The molecule has 1 aromatic rings. The minimum Gasteiger partial charge on any atom is -0.475 e. The fourth-order valence-electron chi connectivity index (χ4n) is 0.754. The topological polar surface area (TPSA) is 72.2 Å². The van der Waals surface area contributed by atoms with E-state index in [1.807, 2.05) is 0 Å². The lowest BCUT2D eigenvalue weighted by molar-refractivity contribution is -0.146. The normalized spacial score (nSPS) is 10.5. The van der Waals surface area contributed by atoms with E-state index in [-0.39, 0.29) is 0 Å². The molecule has 1 heterocycles. The third kappa shape index (κ3) is 2.55. The van der Waals surface area contributed by atoms with Crippen LogP contribution in [0.3, 0.4) is 0 Å². The molecule has 0 atom stereocenters. The van der Waals surface area contributed by atoms with E-state index in [0.717, 1.165) is 6.08 Å². The maximum atomic E-state index is 10.6. The summed E-state index contributed by atoms with van der Waals surface area (Å²) >= 11 is 0. The van der Waals surface area contributed by atoms with Crippen molar-refractivity contribution in [2.75, 3.05) is 0 Å². The van der Waals surface area contributed by atoms with E-state index in [9.17, 15) is 9.59 Å². The van der Waals surface area contributed by atoms with E-state index >= 15 is 0 Å². The summed E-state index contributed by atoms with van der Waals surface area (Å²) < 4.78 is 1.56. The van der Waals surface area contributed by atoms with Crippen molar-refractivity contribution in [1.82, 2.24) is 9.78 Å². The Balaban J connectivity index is 2.69. The number of nitrogens with zero attached hydrogens (tertiary/aromatic N) is 2. The Labute approximate surface area is 74.3 Å². The first-order chi connectivity index (χ1) is 6.09. The highest BCUT2D eigenvalue weighted by molar-refractivity contribution is 6.38. The molecule has 1 aromatic heterocycles. The van der Waals surface area contributed by atoms with Crippen LogP contribution < -0.4 is 0 Å². The van der Waals surface area contributed by atoms with Gasteiger partial charge in [0.15, 0.2) is 0 Å². The van der Waals surface area contributed by atoms with Gasteiger partial charge in [0.05, 0.1) is 5.69 Å². The van der Waals surface area contributed by atoms with Crippen molar-refractivity contribution in [3.05, 3.63) is 24.0 Å². The van der Waals surface area contributed by atoms with E-state index < -0.39 is 11.8 Å². The van der Waals surface area contributed by atoms with Gasteiger partial charge in [-0.3, -0.25) is 9.48 Å². The molecule has 1 N–H and O–H groups in total. The summed E-state index contributed by atoms with van der Waals surface area (Å²) in [6.45, 7) is 0. The first-order valence-corrected chi connectivity index (χ1v) is 3.54. The van der Waals surface area contributed by atoms with Crippen molar-refractivity contribution in [3.8, 4) is 0 Å². The number of hydrogen-bond acceptors (Lipinski definition) is 3. The van der Waals surface area contributed by atoms with Crippen LogP contribution in [-0.4, -0.2) is 26.6 Å². The van der Waals surface area contributed by atoms with Crippen LogP contribution in [0.2, 0.25) is 0 Å². The highest BCUT2D eigenvalue weighted by Gasteiger charge is 2.05. The minimum atomic E-state index is -1.47. The summed E-state index contributed by atoms with van der Waals surface area (Å²) in [4.78, 5) is 20.7. The summed E-state index contributed by atoms with van der Waals surface area (Å²) in [5.74, 6) is -2.42. The summed E-state index contributed by atoms with van der Waals surface area (Å²) in [7, 11) is 1.73. The van der Waals surface area contributed by atoms with Crippen molar-refractivity contribution >= 4 is 17.8 Å². The van der Waals surface area contributed by atoms with Crippen molar-refractivity contribution in [2.24, 2.45) is 7.05 Å². The molecule has 5 nitrogen and oxygen atoms in total. The Morgan fingerprint density at radius 2 is 2.31 bits per heavy atom. The molecule has 0 aliphatic carbocycles. The summed E-state index contributed by atoms with van der Waals surface area (Å²) in [5.41, 5.74) is 0.553. The molecule has 0 saturated heterocycles. The molecule has 0 amide bonds. The molecule has 0 aromatic carbocycles. The summed E-state index contributed by atoms with van der Waals surface area (Å²) in [6.07, 6.45) is 4.03. The molecule has 0 aliphatic heterocycles. The monoisotopic (exact) mass is 180 g/mol. The van der Waals surface area contributed by atoms with Gasteiger partial charge in [0, 0.05) is 13.2 Å². The second-order valence-electron chi connectivity index (χ2n) is 2.42. The Kier molecular flexibility index (Phi) is 2.59. The Bertz CT molecular complexity index is 365. The van der Waals surface area contributed by atoms with E-state index in [0.29, 0.717) is 5.69 Å². The number of rotatable bonds is 3. The molecule has 0 spiro atoms. The van der Waals surface area contributed by atoms with Crippen LogP contribution in [0, 0.1) is 0 Å². The lowest BCUT2D eigenvalue weighted by atomic mass is 10.3. The second-order valence-corrected chi connectivity index (χ2v) is 2.42. The predicted molar refractivity (Wildman–Crippen MR) is 44.9 cm³/mol. The Morgan fingerprint density at radius 1 is 1.62 bits per heavy atom. The molecular weight excluding hydrogens is 172 g/mol. The van der Waals surface area contributed by atoms with Gasteiger partial charge in [-0.15, -0.1) is 0 Å². The lowest BCUT2D eigenvalue weighted by Crippen LogP contribution is -2.08. The highest BCUT2D eigenvalue weighted by Crippen LogP contribution is 1.96. The second kappa shape index (κ2) is 3.66. The molecule has 0 fully saturated rings. The molecule has 5 heteroatoms. The number of carbonyl (C=O) groups excluding carboxylic acids is 1. The maximum Gasteiger partial charge on any atom is 0.376 e. The number of hydrogen-bond donors (Lipinski definition) is 1. The average molecular weight is 180 g/mol. The van der Waals surface area contributed by atoms with Crippen molar-refractivity contribution in [2.45, 2.75) is 0 Å². The Morgan fingerprint density at radius 3 is 2.77 bits per heavy atom. The molecule has 0 unspecified atom stereocenters. The predicted octanol–water partition coefficient (Wildman–Crippen LogP) is 0.0870. The average Bonchev–Trinajstić information content (AvgIpc) is 2.47. The molecule has 0 bridgehead atoms. The lowest BCUT2D eigenvalue weighted by Gasteiger charge is -1.84. The van der Waals surface area contributed by atoms with E-state index in [2.05, 4.69) is 5.10 Å². The van der Waals surface area contributed by atoms with Crippen LogP contribution in [0.4, 0.5) is 0 Å². The zero-order valence-corrected chi connectivity index (χ0v) is 6.97. The van der Waals surface area contributed by atoms with Crippen LogP contribution in [0.15, 0.2) is 18.3 Å². The smallest absolute Gasteiger partial charge is 0.376 e. The third-order valence-corrected chi connectivity index (χ3v) is 1.35. The zero-order chi connectivity index (χ0) is 9.84. The Hall–Kier alpha value is -1.91. The number of ketones is 1. The van der Waals surface area contributed by atoms with Crippen LogP contribution in [-0.2, 0) is 16.6 Å². The molecule has 13 heavy (non-hydrogen) atoms. The van der Waals surface area contributed by atoms with Gasteiger partial charge in [-0.2, -0.15) is 5.10 Å². The highest BCUT2D eigenvalue weighted by atomic mass is 16.4. The number of carbonyl (C=O) groups is 2. The van der Waals surface area contributed by atoms with E-state index in [4.69, 9.17) is 5.11 Å². The minimum absolute atomic E-state index is 0.553. The van der Waals surface area contributed by atoms with Crippen molar-refractivity contribution in [1.29, 1.82) is 0 Å². The standard InChI is InChI=1S/C8H8N2O3/c1-10-5-4-6(9-10)2-3-7(11)8(12)13/h2-5H,1H3,(H,12,13)/b3-2+. The molecular formula is C8H8N2O3. The number of aryl methyl sites for hydroxylation is 1. The fourth-order valence-corrected chi connectivity index (χ4v) is 0.754. The first kappa shape index (κ1) is 9.18. The van der Waals surface area contributed by atoms with Gasteiger partial charge in [-0.1, -0.05) is 0 Å². The molecule has 0 aliphatic rings. The number of aliphatic carboxylic acids is 1. The van der Waals surface area contributed by atoms with Gasteiger partial charge in [0.25, 0.3) is 5.78 Å². The van der Waals surface area contributed by atoms with Crippen molar-refractivity contribution in [3.63, 3.8) is 0 Å². The largest absolute Gasteiger partial charge is 0.475 e. The maximum absolute atomic E-state index is 10.6. The quantitative estimate of drug-likeness (QED) is 0.528. The SMILES string of the molecule is Cn1ccc(/C=C/C(=O)C(=O)O)n1. The summed E-state index contributed by atoms with van der Waals surface area (Å²) in [5, 5.41) is 12.2. The fraction of sp³-hybridized carbons (Fsp3) is 0.125. The van der Waals surface area contributed by atoms with Gasteiger partial charge >= 0.3 is 5.97 Å². The number of aromatic nitrogens is 2. The van der Waals surface area contributed by atoms with Gasteiger partial charge in [0.1, 0.15) is 0 Å². The van der Waals surface area contributed by atoms with Crippen LogP contribution >= 0.6 is 0 Å². The van der Waals surface area contributed by atoms with Crippen LogP contribution in [0.1, 0.15) is 5.69 Å². The van der Waals surface area contributed by atoms with E-state index in [1.54, 1.807) is 24.0 Å². The van der Waals surface area contributed by atoms with Crippen LogP contribution in [0.25, 0.3) is 6.08 Å². The van der Waals surface area contributed by atoms with Gasteiger partial charge in [-0.05, 0) is 18.2 Å². The third-order valence-electron chi connectivity index (χ3n) is 1.35. The van der Waals surface area contributed by atoms with Gasteiger partial charge in [0.2, 0.25) is 0 Å². The molecule has 68 valence electrons. The van der Waals surface area contributed by atoms with Crippen LogP contribution in [0.5, 0.6) is 0 Å². The van der Waals surface area contributed by atoms with Gasteiger partial charge in [-0.25, -0.2) is 4.79 Å². The number of carboxylic acids is 1. The summed E-state index contributed by atoms with van der Waals surface area (Å²) in [6, 6.07) is 1.67. The van der Waals surface area contributed by atoms with Gasteiger partial charge < -0.3 is 5.11 Å². The molecule has 1 rings (SSSR count). The van der Waals surface area contributed by atoms with E-state index in [1.165, 1.54) is 6.08 Å². The number of carboxylic acid groups (broad SMARTS) is 1. The molecule has 0 radical (unpaired) electrons.